The minimum absolute atomic E-state index is 0.717. The Morgan fingerprint density at radius 2 is 2.40 bits per heavy atom. The van der Waals surface area contributed by atoms with Crippen molar-refractivity contribution in [2.45, 2.75) is 6.54 Å². The lowest BCUT2D eigenvalue weighted by Gasteiger charge is -2.03. The van der Waals surface area contributed by atoms with Crippen molar-refractivity contribution in [1.82, 2.24) is 14.5 Å². The molecular weight excluding hydrogens is 190 g/mol. The fourth-order valence-corrected chi connectivity index (χ4v) is 1.34. The van der Waals surface area contributed by atoms with Crippen molar-refractivity contribution in [2.24, 2.45) is 10.9 Å². The second kappa shape index (κ2) is 4.36. The van der Waals surface area contributed by atoms with Crippen LogP contribution in [0.1, 0.15) is 11.4 Å². The van der Waals surface area contributed by atoms with Gasteiger partial charge in [0.25, 0.3) is 0 Å². The number of rotatable bonds is 3. The predicted octanol–water partition coefficient (Wildman–Crippen LogP) is 0.619. The van der Waals surface area contributed by atoms with Gasteiger partial charge in [-0.2, -0.15) is 5.10 Å². The van der Waals surface area contributed by atoms with Crippen LogP contribution in [0.4, 0.5) is 0 Å². The molecular formula is C10H11N5. The molecule has 0 unspecified atom stereocenters. The number of pyridine rings is 1. The summed E-state index contributed by atoms with van der Waals surface area (Å²) >= 11 is 0. The molecule has 5 heteroatoms. The molecule has 0 radical (unpaired) electrons. The first-order valence-electron chi connectivity index (χ1n) is 4.53. The Kier molecular flexibility index (Phi) is 2.73. The number of nitrogens with zero attached hydrogens (tertiary/aromatic N) is 4. The van der Waals surface area contributed by atoms with Crippen LogP contribution in [0, 0.1) is 0 Å². The van der Waals surface area contributed by atoms with Gasteiger partial charge in [0.05, 0.1) is 12.8 Å². The molecule has 2 N–H and O–H groups in total. The van der Waals surface area contributed by atoms with Crippen molar-refractivity contribution in [1.29, 1.82) is 0 Å². The van der Waals surface area contributed by atoms with Crippen LogP contribution in [0.2, 0.25) is 0 Å². The molecule has 0 spiro atoms. The zero-order valence-corrected chi connectivity index (χ0v) is 8.11. The molecule has 0 saturated carbocycles. The molecule has 15 heavy (non-hydrogen) atoms. The fourth-order valence-electron chi connectivity index (χ4n) is 1.34. The molecule has 0 aliphatic heterocycles. The first-order valence-corrected chi connectivity index (χ1v) is 4.53. The van der Waals surface area contributed by atoms with Crippen LogP contribution in [-0.2, 0) is 6.54 Å². The number of imidazole rings is 1. The molecule has 76 valence electrons. The van der Waals surface area contributed by atoms with Gasteiger partial charge in [0.1, 0.15) is 0 Å². The van der Waals surface area contributed by atoms with Gasteiger partial charge in [-0.1, -0.05) is 6.07 Å². The summed E-state index contributed by atoms with van der Waals surface area (Å²) in [6, 6.07) is 3.92. The quantitative estimate of drug-likeness (QED) is 0.449. The Balaban J connectivity index is 2.21. The maximum absolute atomic E-state index is 5.09. The van der Waals surface area contributed by atoms with Crippen LogP contribution in [-0.4, -0.2) is 20.7 Å². The normalized spacial score (nSPS) is 10.9. The van der Waals surface area contributed by atoms with Crippen LogP contribution < -0.4 is 5.84 Å². The average Bonchev–Trinajstić information content (AvgIpc) is 2.68. The van der Waals surface area contributed by atoms with Gasteiger partial charge in [0.15, 0.2) is 5.82 Å². The standard InChI is InChI=1S/C10H11N5/c11-14-7-10-13-4-5-15(10)8-9-2-1-3-12-6-9/h1-7H,8,11H2. The maximum Gasteiger partial charge on any atom is 0.153 e. The molecule has 0 bridgehead atoms. The summed E-state index contributed by atoms with van der Waals surface area (Å²) in [7, 11) is 0. The lowest BCUT2D eigenvalue weighted by Crippen LogP contribution is -2.04. The van der Waals surface area contributed by atoms with E-state index >= 15 is 0 Å². The molecule has 0 aliphatic carbocycles. The fraction of sp³-hybridized carbons (Fsp3) is 0.100. The third-order valence-electron chi connectivity index (χ3n) is 2.01. The van der Waals surface area contributed by atoms with E-state index in [-0.39, 0.29) is 0 Å². The molecule has 0 amide bonds. The second-order valence-corrected chi connectivity index (χ2v) is 3.05. The SMILES string of the molecule is NN=Cc1nccn1Cc1cccnc1. The van der Waals surface area contributed by atoms with Crippen molar-refractivity contribution < 1.29 is 0 Å². The number of hydrazone groups is 1. The number of aromatic nitrogens is 3. The molecule has 0 saturated heterocycles. The van der Waals surface area contributed by atoms with Crippen LogP contribution >= 0.6 is 0 Å². The van der Waals surface area contributed by atoms with Crippen LogP contribution in [0.25, 0.3) is 0 Å². The topological polar surface area (TPSA) is 69.1 Å². The highest BCUT2D eigenvalue weighted by Gasteiger charge is 2.00. The highest BCUT2D eigenvalue weighted by molar-refractivity contribution is 5.74. The van der Waals surface area contributed by atoms with E-state index in [2.05, 4.69) is 15.1 Å². The van der Waals surface area contributed by atoms with Crippen molar-refractivity contribution in [3.05, 3.63) is 48.3 Å². The van der Waals surface area contributed by atoms with Gasteiger partial charge < -0.3 is 10.4 Å². The van der Waals surface area contributed by atoms with Crippen LogP contribution in [0.15, 0.2) is 42.0 Å². The summed E-state index contributed by atoms with van der Waals surface area (Å²) in [5.41, 5.74) is 1.11. The lowest BCUT2D eigenvalue weighted by atomic mass is 10.3. The summed E-state index contributed by atoms with van der Waals surface area (Å²) in [4.78, 5) is 8.16. The zero-order chi connectivity index (χ0) is 10.5. The molecule has 0 atom stereocenters. The summed E-state index contributed by atoms with van der Waals surface area (Å²) < 4.78 is 1.95. The monoisotopic (exact) mass is 201 g/mol. The van der Waals surface area contributed by atoms with Crippen LogP contribution in [0.5, 0.6) is 0 Å². The van der Waals surface area contributed by atoms with Crippen molar-refractivity contribution in [3.8, 4) is 0 Å². The first-order chi connectivity index (χ1) is 7.40. The predicted molar refractivity (Wildman–Crippen MR) is 57.3 cm³/mol. The Morgan fingerprint density at radius 3 is 3.13 bits per heavy atom. The van der Waals surface area contributed by atoms with E-state index in [4.69, 9.17) is 5.84 Å². The van der Waals surface area contributed by atoms with Gasteiger partial charge in [-0.05, 0) is 11.6 Å². The van der Waals surface area contributed by atoms with E-state index < -0.39 is 0 Å². The Bertz CT molecular complexity index is 446. The van der Waals surface area contributed by atoms with E-state index in [1.54, 1.807) is 12.4 Å². The second-order valence-electron chi connectivity index (χ2n) is 3.05. The van der Waals surface area contributed by atoms with Gasteiger partial charge in [0, 0.05) is 24.8 Å². The molecule has 2 heterocycles. The van der Waals surface area contributed by atoms with Crippen LogP contribution in [0.3, 0.4) is 0 Å². The summed E-state index contributed by atoms with van der Waals surface area (Å²) in [6.07, 6.45) is 8.69. The van der Waals surface area contributed by atoms with Crippen molar-refractivity contribution in [2.75, 3.05) is 0 Å². The largest absolute Gasteiger partial charge is 0.326 e. The van der Waals surface area contributed by atoms with Gasteiger partial charge in [0.2, 0.25) is 0 Å². The van der Waals surface area contributed by atoms with Gasteiger partial charge in [-0.25, -0.2) is 4.98 Å². The van der Waals surface area contributed by atoms with E-state index in [1.807, 2.05) is 29.1 Å². The molecule has 2 aromatic heterocycles. The number of hydrogen-bond donors (Lipinski definition) is 1. The van der Waals surface area contributed by atoms with Gasteiger partial charge in [-0.15, -0.1) is 0 Å². The Hall–Kier alpha value is -2.17. The Morgan fingerprint density at radius 1 is 1.47 bits per heavy atom. The molecule has 0 aliphatic rings. The van der Waals surface area contributed by atoms with Gasteiger partial charge >= 0.3 is 0 Å². The summed E-state index contributed by atoms with van der Waals surface area (Å²) in [5, 5.41) is 3.46. The van der Waals surface area contributed by atoms with E-state index in [1.165, 1.54) is 6.21 Å². The summed E-state index contributed by atoms with van der Waals surface area (Å²) in [6.45, 7) is 0.717. The third kappa shape index (κ3) is 2.19. The third-order valence-corrected chi connectivity index (χ3v) is 2.01. The minimum Gasteiger partial charge on any atom is -0.326 e. The Labute approximate surface area is 87.3 Å². The van der Waals surface area contributed by atoms with Crippen molar-refractivity contribution in [3.63, 3.8) is 0 Å². The smallest absolute Gasteiger partial charge is 0.153 e. The number of nitrogens with two attached hydrogens (primary N) is 1. The van der Waals surface area contributed by atoms with Gasteiger partial charge in [-0.3, -0.25) is 4.98 Å². The number of hydrogen-bond acceptors (Lipinski definition) is 4. The minimum atomic E-state index is 0.717. The molecule has 0 aromatic carbocycles. The molecule has 0 fully saturated rings. The maximum atomic E-state index is 5.09. The average molecular weight is 201 g/mol. The molecule has 2 aromatic rings. The van der Waals surface area contributed by atoms with Crippen molar-refractivity contribution >= 4 is 6.21 Å². The first kappa shape index (κ1) is 9.39. The van der Waals surface area contributed by atoms with E-state index in [0.717, 1.165) is 17.9 Å². The summed E-state index contributed by atoms with van der Waals surface area (Å²) in [5.74, 6) is 5.82. The van der Waals surface area contributed by atoms with E-state index in [0.29, 0.717) is 0 Å². The zero-order valence-electron chi connectivity index (χ0n) is 8.11. The lowest BCUT2D eigenvalue weighted by molar-refractivity contribution is 0.786. The molecule has 2 rings (SSSR count). The highest BCUT2D eigenvalue weighted by atomic mass is 15.1. The highest BCUT2D eigenvalue weighted by Crippen LogP contribution is 2.02. The van der Waals surface area contributed by atoms with E-state index in [9.17, 15) is 0 Å². The molecule has 5 nitrogen and oxygen atoms in total.